The molecule has 1 fully saturated rings. The summed E-state index contributed by atoms with van der Waals surface area (Å²) in [6, 6.07) is 16.8. The van der Waals surface area contributed by atoms with Crippen molar-refractivity contribution in [3.05, 3.63) is 59.7 Å². The Labute approximate surface area is 164 Å². The van der Waals surface area contributed by atoms with E-state index in [0.717, 1.165) is 37.6 Å². The van der Waals surface area contributed by atoms with Crippen LogP contribution in [0.3, 0.4) is 0 Å². The molecule has 2 aromatic carbocycles. The summed E-state index contributed by atoms with van der Waals surface area (Å²) in [7, 11) is 0. The van der Waals surface area contributed by atoms with Crippen molar-refractivity contribution in [3.63, 3.8) is 0 Å². The summed E-state index contributed by atoms with van der Waals surface area (Å²) in [5.41, 5.74) is 5.63. The lowest BCUT2D eigenvalue weighted by molar-refractivity contribution is -0.123. The Bertz CT molecular complexity index is 881. The van der Waals surface area contributed by atoms with Gasteiger partial charge in [-0.3, -0.25) is 4.79 Å². The third-order valence-electron chi connectivity index (χ3n) is 4.38. The topological polar surface area (TPSA) is 86.9 Å². The number of nitriles is 1. The number of para-hydroxylation sites is 1. The van der Waals surface area contributed by atoms with E-state index in [4.69, 9.17) is 14.7 Å². The molecule has 0 aromatic heterocycles. The van der Waals surface area contributed by atoms with Gasteiger partial charge >= 0.3 is 0 Å². The molecule has 7 nitrogen and oxygen atoms in total. The van der Waals surface area contributed by atoms with Gasteiger partial charge in [0.2, 0.25) is 0 Å². The van der Waals surface area contributed by atoms with Crippen molar-refractivity contribution >= 4 is 17.3 Å². The van der Waals surface area contributed by atoms with Gasteiger partial charge in [-0.15, -0.1) is 0 Å². The second-order valence-corrected chi connectivity index (χ2v) is 6.28. The number of amides is 1. The molecule has 28 heavy (non-hydrogen) atoms. The molecule has 7 heteroatoms. The fourth-order valence-corrected chi connectivity index (χ4v) is 2.81. The Morgan fingerprint density at radius 3 is 2.64 bits per heavy atom. The van der Waals surface area contributed by atoms with E-state index in [0.29, 0.717) is 17.0 Å². The van der Waals surface area contributed by atoms with Gasteiger partial charge in [-0.1, -0.05) is 24.3 Å². The maximum atomic E-state index is 12.0. The highest BCUT2D eigenvalue weighted by Crippen LogP contribution is 2.17. The van der Waals surface area contributed by atoms with Crippen LogP contribution >= 0.6 is 0 Å². The quantitative estimate of drug-likeness (QED) is 0.616. The largest absolute Gasteiger partial charge is 0.482 e. The van der Waals surface area contributed by atoms with Gasteiger partial charge in [0.25, 0.3) is 5.91 Å². The summed E-state index contributed by atoms with van der Waals surface area (Å²) in [5.74, 6) is -0.0171. The van der Waals surface area contributed by atoms with Crippen molar-refractivity contribution < 1.29 is 14.3 Å². The highest BCUT2D eigenvalue weighted by atomic mass is 16.5. The first kappa shape index (κ1) is 19.4. The Morgan fingerprint density at radius 1 is 1.21 bits per heavy atom. The number of rotatable bonds is 6. The number of carbonyl (C=O) groups excluding carboxylic acids is 1. The lowest BCUT2D eigenvalue weighted by atomic mass is 10.1. The number of benzene rings is 2. The van der Waals surface area contributed by atoms with Crippen LogP contribution in [0.2, 0.25) is 0 Å². The summed E-state index contributed by atoms with van der Waals surface area (Å²) < 4.78 is 10.8. The van der Waals surface area contributed by atoms with E-state index >= 15 is 0 Å². The van der Waals surface area contributed by atoms with Gasteiger partial charge in [-0.25, -0.2) is 5.43 Å². The van der Waals surface area contributed by atoms with E-state index in [1.54, 1.807) is 24.3 Å². The molecule has 1 saturated heterocycles. The lowest BCUT2D eigenvalue weighted by Gasteiger charge is -2.28. The van der Waals surface area contributed by atoms with Gasteiger partial charge in [-0.2, -0.15) is 10.4 Å². The SMILES string of the molecule is C/C(=N/NC(=O)COc1ccccc1C#N)c1ccc(N2CCOCC2)cc1. The second-order valence-electron chi connectivity index (χ2n) is 6.28. The van der Waals surface area contributed by atoms with Crippen LogP contribution < -0.4 is 15.1 Å². The molecule has 0 atom stereocenters. The number of nitrogens with zero attached hydrogens (tertiary/aromatic N) is 3. The standard InChI is InChI=1S/C21H22N4O3/c1-16(17-6-8-19(9-7-17)25-10-12-27-13-11-25)23-24-21(26)15-28-20-5-3-2-4-18(20)14-22/h2-9H,10-13,15H2,1H3,(H,24,26)/b23-16-. The molecule has 144 valence electrons. The van der Waals surface area contributed by atoms with Crippen molar-refractivity contribution in [2.45, 2.75) is 6.92 Å². The zero-order chi connectivity index (χ0) is 19.8. The summed E-state index contributed by atoms with van der Waals surface area (Å²) in [6.45, 7) is 4.88. The normalized spacial score (nSPS) is 14.3. The molecule has 0 saturated carbocycles. The van der Waals surface area contributed by atoms with E-state index < -0.39 is 5.91 Å². The minimum atomic E-state index is -0.392. The molecular weight excluding hydrogens is 356 g/mol. The highest BCUT2D eigenvalue weighted by Gasteiger charge is 2.11. The molecular formula is C21H22N4O3. The number of hydrogen-bond donors (Lipinski definition) is 1. The number of anilines is 1. The molecule has 3 rings (SSSR count). The third-order valence-corrected chi connectivity index (χ3v) is 4.38. The molecule has 1 amide bonds. The number of hydrazone groups is 1. The minimum Gasteiger partial charge on any atom is -0.482 e. The molecule has 1 N–H and O–H groups in total. The Balaban J connectivity index is 1.53. The molecule has 0 unspecified atom stereocenters. The summed E-state index contributed by atoms with van der Waals surface area (Å²) in [6.07, 6.45) is 0. The zero-order valence-corrected chi connectivity index (χ0v) is 15.7. The number of nitrogens with one attached hydrogen (secondary N) is 1. The average molecular weight is 378 g/mol. The summed E-state index contributed by atoms with van der Waals surface area (Å²) >= 11 is 0. The molecule has 0 spiro atoms. The van der Waals surface area contributed by atoms with Crippen molar-refractivity contribution in [2.75, 3.05) is 37.8 Å². The maximum Gasteiger partial charge on any atom is 0.277 e. The predicted octanol–water partition coefficient (Wildman–Crippen LogP) is 2.31. The summed E-state index contributed by atoms with van der Waals surface area (Å²) in [5, 5.41) is 13.2. The van der Waals surface area contributed by atoms with Crippen LogP contribution in [0, 0.1) is 11.3 Å². The maximum absolute atomic E-state index is 12.0. The summed E-state index contributed by atoms with van der Waals surface area (Å²) in [4.78, 5) is 14.2. The van der Waals surface area contributed by atoms with Gasteiger partial charge in [0, 0.05) is 18.8 Å². The smallest absolute Gasteiger partial charge is 0.277 e. The first-order chi connectivity index (χ1) is 13.7. The number of hydrogen-bond acceptors (Lipinski definition) is 6. The van der Waals surface area contributed by atoms with E-state index in [9.17, 15) is 4.79 Å². The van der Waals surface area contributed by atoms with Gasteiger partial charge in [0.15, 0.2) is 6.61 Å². The second kappa shape index (κ2) is 9.53. The molecule has 0 bridgehead atoms. The number of carbonyl (C=O) groups is 1. The highest BCUT2D eigenvalue weighted by molar-refractivity contribution is 5.99. The van der Waals surface area contributed by atoms with Crippen molar-refractivity contribution in [3.8, 4) is 11.8 Å². The Kier molecular flexibility index (Phi) is 6.60. The van der Waals surface area contributed by atoms with Crippen LogP contribution in [-0.2, 0) is 9.53 Å². The van der Waals surface area contributed by atoms with Gasteiger partial charge in [0.05, 0.1) is 24.5 Å². The number of morpholine rings is 1. The van der Waals surface area contributed by atoms with E-state index in [1.165, 1.54) is 0 Å². The van der Waals surface area contributed by atoms with Crippen LogP contribution in [-0.4, -0.2) is 44.5 Å². The van der Waals surface area contributed by atoms with Crippen LogP contribution in [0.25, 0.3) is 0 Å². The van der Waals surface area contributed by atoms with Crippen LogP contribution in [0.4, 0.5) is 5.69 Å². The van der Waals surface area contributed by atoms with Crippen molar-refractivity contribution in [2.24, 2.45) is 5.10 Å². The molecule has 1 aliphatic rings. The molecule has 0 radical (unpaired) electrons. The fourth-order valence-electron chi connectivity index (χ4n) is 2.81. The molecule has 1 heterocycles. The Hall–Kier alpha value is -3.37. The van der Waals surface area contributed by atoms with Gasteiger partial charge < -0.3 is 14.4 Å². The van der Waals surface area contributed by atoms with E-state index in [1.807, 2.05) is 37.3 Å². The minimum absolute atomic E-state index is 0.217. The van der Waals surface area contributed by atoms with Crippen LogP contribution in [0.5, 0.6) is 5.75 Å². The van der Waals surface area contributed by atoms with Gasteiger partial charge in [0.1, 0.15) is 11.8 Å². The van der Waals surface area contributed by atoms with Crippen molar-refractivity contribution in [1.29, 1.82) is 5.26 Å². The van der Waals surface area contributed by atoms with E-state index in [2.05, 4.69) is 15.4 Å². The fraction of sp³-hybridized carbons (Fsp3) is 0.286. The Morgan fingerprint density at radius 2 is 1.93 bits per heavy atom. The van der Waals surface area contributed by atoms with Crippen LogP contribution in [0.1, 0.15) is 18.1 Å². The zero-order valence-electron chi connectivity index (χ0n) is 15.7. The molecule has 2 aromatic rings. The third kappa shape index (κ3) is 5.09. The van der Waals surface area contributed by atoms with Crippen LogP contribution in [0.15, 0.2) is 53.6 Å². The molecule has 1 aliphatic heterocycles. The molecule has 0 aliphatic carbocycles. The monoisotopic (exact) mass is 378 g/mol. The van der Waals surface area contributed by atoms with Crippen molar-refractivity contribution in [1.82, 2.24) is 5.43 Å². The lowest BCUT2D eigenvalue weighted by Crippen LogP contribution is -2.36. The number of ether oxygens (including phenoxy) is 2. The first-order valence-corrected chi connectivity index (χ1v) is 9.05. The first-order valence-electron chi connectivity index (χ1n) is 9.05. The van der Waals surface area contributed by atoms with E-state index in [-0.39, 0.29) is 6.61 Å². The predicted molar refractivity (Wildman–Crippen MR) is 106 cm³/mol. The van der Waals surface area contributed by atoms with Gasteiger partial charge in [-0.05, 0) is 36.8 Å². The average Bonchev–Trinajstić information content (AvgIpc) is 2.77.